The average Bonchev–Trinajstić information content (AvgIpc) is 2.46. The van der Waals surface area contributed by atoms with E-state index in [9.17, 15) is 9.59 Å². The van der Waals surface area contributed by atoms with Gasteiger partial charge in [0.1, 0.15) is 0 Å². The molecule has 0 bridgehead atoms. The van der Waals surface area contributed by atoms with Gasteiger partial charge in [0.25, 0.3) is 0 Å². The Hall–Kier alpha value is -2.04. The smallest absolute Gasteiger partial charge is 0.410 e. The lowest BCUT2D eigenvalue weighted by molar-refractivity contribution is 0.0695. The summed E-state index contributed by atoms with van der Waals surface area (Å²) >= 11 is 0. The lowest BCUT2D eigenvalue weighted by Gasteiger charge is -2.36. The highest BCUT2D eigenvalue weighted by Crippen LogP contribution is 2.34. The van der Waals surface area contributed by atoms with E-state index in [0.717, 1.165) is 24.0 Å². The first kappa shape index (κ1) is 14.4. The zero-order chi connectivity index (χ0) is 14.7. The Kier molecular flexibility index (Phi) is 4.27. The van der Waals surface area contributed by atoms with Crippen molar-refractivity contribution in [1.29, 1.82) is 0 Å². The summed E-state index contributed by atoms with van der Waals surface area (Å²) in [6.45, 7) is 2.63. The fourth-order valence-electron chi connectivity index (χ4n) is 2.77. The standard InChI is InChI=1S/C15H19NO4/c1-3-4-13-12-6-5-11(14(17)18)9-10(12)7-8-16(13)15(19)20-2/h5-6,9,13H,3-4,7-8H2,1-2H3,(H,17,18). The van der Waals surface area contributed by atoms with Crippen LogP contribution in [0.25, 0.3) is 0 Å². The van der Waals surface area contributed by atoms with Crippen molar-refractivity contribution in [1.82, 2.24) is 4.90 Å². The van der Waals surface area contributed by atoms with Crippen LogP contribution in [0.15, 0.2) is 18.2 Å². The normalized spacial score (nSPS) is 17.5. The van der Waals surface area contributed by atoms with Crippen molar-refractivity contribution in [2.24, 2.45) is 0 Å². The Morgan fingerprint density at radius 3 is 2.80 bits per heavy atom. The van der Waals surface area contributed by atoms with Gasteiger partial charge in [0, 0.05) is 6.54 Å². The van der Waals surface area contributed by atoms with Crippen molar-refractivity contribution in [3.8, 4) is 0 Å². The van der Waals surface area contributed by atoms with Crippen LogP contribution in [-0.2, 0) is 11.2 Å². The predicted octanol–water partition coefficient (Wildman–Crippen LogP) is 2.85. The molecular formula is C15H19NO4. The fourth-order valence-corrected chi connectivity index (χ4v) is 2.77. The molecule has 0 radical (unpaired) electrons. The lowest BCUT2D eigenvalue weighted by atomic mass is 9.89. The topological polar surface area (TPSA) is 66.8 Å². The second-order valence-corrected chi connectivity index (χ2v) is 4.94. The van der Waals surface area contributed by atoms with Crippen LogP contribution in [0.3, 0.4) is 0 Å². The number of carboxylic acid groups (broad SMARTS) is 1. The molecule has 108 valence electrons. The molecule has 1 atom stereocenters. The number of methoxy groups -OCH3 is 1. The van der Waals surface area contributed by atoms with Crippen molar-refractivity contribution in [3.63, 3.8) is 0 Å². The number of aromatic carboxylic acids is 1. The first-order valence-corrected chi connectivity index (χ1v) is 6.79. The zero-order valence-electron chi connectivity index (χ0n) is 11.8. The molecule has 0 aliphatic carbocycles. The molecule has 1 aliphatic rings. The predicted molar refractivity (Wildman–Crippen MR) is 73.9 cm³/mol. The Labute approximate surface area is 118 Å². The number of carboxylic acids is 1. The Balaban J connectivity index is 2.38. The molecule has 2 rings (SSSR count). The number of nitrogens with zero attached hydrogens (tertiary/aromatic N) is 1. The number of fused-ring (bicyclic) bond motifs is 1. The van der Waals surface area contributed by atoms with Gasteiger partial charge in [-0.1, -0.05) is 19.4 Å². The molecule has 5 nitrogen and oxygen atoms in total. The maximum atomic E-state index is 11.8. The molecule has 0 fully saturated rings. The third-order valence-electron chi connectivity index (χ3n) is 3.72. The molecule has 1 aromatic rings. The van der Waals surface area contributed by atoms with Gasteiger partial charge in [-0.25, -0.2) is 9.59 Å². The number of carbonyl (C=O) groups is 2. The minimum atomic E-state index is -0.921. The summed E-state index contributed by atoms with van der Waals surface area (Å²) < 4.78 is 4.84. The van der Waals surface area contributed by atoms with E-state index in [1.807, 2.05) is 6.07 Å². The molecule has 0 spiro atoms. The number of carbonyl (C=O) groups excluding carboxylic acids is 1. The molecule has 5 heteroatoms. The Bertz CT molecular complexity index is 527. The molecule has 1 amide bonds. The minimum Gasteiger partial charge on any atom is -0.478 e. The van der Waals surface area contributed by atoms with Gasteiger partial charge in [-0.3, -0.25) is 0 Å². The maximum Gasteiger partial charge on any atom is 0.410 e. The first-order valence-electron chi connectivity index (χ1n) is 6.79. The van der Waals surface area contributed by atoms with E-state index in [0.29, 0.717) is 18.5 Å². The Morgan fingerprint density at radius 2 is 2.20 bits per heavy atom. The SMILES string of the molecule is CCCC1c2ccc(C(=O)O)cc2CCN1C(=O)OC. The number of benzene rings is 1. The monoisotopic (exact) mass is 277 g/mol. The molecule has 1 unspecified atom stereocenters. The van der Waals surface area contributed by atoms with Gasteiger partial charge in [0.2, 0.25) is 0 Å². The van der Waals surface area contributed by atoms with Crippen molar-refractivity contribution >= 4 is 12.1 Å². The van der Waals surface area contributed by atoms with E-state index in [2.05, 4.69) is 6.92 Å². The maximum absolute atomic E-state index is 11.8. The molecule has 0 aromatic heterocycles. The van der Waals surface area contributed by atoms with E-state index in [1.165, 1.54) is 7.11 Å². The number of rotatable bonds is 3. The van der Waals surface area contributed by atoms with Gasteiger partial charge < -0.3 is 14.7 Å². The van der Waals surface area contributed by atoms with Gasteiger partial charge in [0.05, 0.1) is 18.7 Å². The van der Waals surface area contributed by atoms with Crippen LogP contribution < -0.4 is 0 Å². The highest BCUT2D eigenvalue weighted by molar-refractivity contribution is 5.88. The van der Waals surface area contributed by atoms with Crippen LogP contribution in [0.5, 0.6) is 0 Å². The summed E-state index contributed by atoms with van der Waals surface area (Å²) in [5, 5.41) is 9.05. The number of amides is 1. The molecule has 1 heterocycles. The molecule has 1 aliphatic heterocycles. The molecule has 1 aromatic carbocycles. The summed E-state index contributed by atoms with van der Waals surface area (Å²) in [7, 11) is 1.38. The fraction of sp³-hybridized carbons (Fsp3) is 0.467. The summed E-state index contributed by atoms with van der Waals surface area (Å²) in [5.41, 5.74) is 2.35. The van der Waals surface area contributed by atoms with E-state index in [1.54, 1.807) is 17.0 Å². The van der Waals surface area contributed by atoms with E-state index in [4.69, 9.17) is 9.84 Å². The number of ether oxygens (including phenoxy) is 1. The van der Waals surface area contributed by atoms with Gasteiger partial charge in [0.15, 0.2) is 0 Å². The first-order chi connectivity index (χ1) is 9.58. The number of hydrogen-bond donors (Lipinski definition) is 1. The van der Waals surface area contributed by atoms with E-state index in [-0.39, 0.29) is 12.1 Å². The molecule has 0 saturated carbocycles. The summed E-state index contributed by atoms with van der Waals surface area (Å²) in [4.78, 5) is 24.6. The van der Waals surface area contributed by atoms with Crippen molar-refractivity contribution in [2.75, 3.05) is 13.7 Å². The third kappa shape index (κ3) is 2.61. The van der Waals surface area contributed by atoms with Gasteiger partial charge >= 0.3 is 12.1 Å². The molecule has 1 N–H and O–H groups in total. The van der Waals surface area contributed by atoms with Crippen molar-refractivity contribution in [2.45, 2.75) is 32.2 Å². The van der Waals surface area contributed by atoms with Crippen molar-refractivity contribution in [3.05, 3.63) is 34.9 Å². The van der Waals surface area contributed by atoms with Crippen LogP contribution in [0.1, 0.15) is 47.3 Å². The van der Waals surface area contributed by atoms with Crippen LogP contribution in [-0.4, -0.2) is 35.7 Å². The highest BCUT2D eigenvalue weighted by Gasteiger charge is 2.31. The van der Waals surface area contributed by atoms with Gasteiger partial charge in [-0.15, -0.1) is 0 Å². The Morgan fingerprint density at radius 1 is 1.45 bits per heavy atom. The summed E-state index contributed by atoms with van der Waals surface area (Å²) in [6, 6.07) is 5.12. The third-order valence-corrected chi connectivity index (χ3v) is 3.72. The average molecular weight is 277 g/mol. The van der Waals surface area contributed by atoms with E-state index < -0.39 is 5.97 Å². The largest absolute Gasteiger partial charge is 0.478 e. The van der Waals surface area contributed by atoms with Gasteiger partial charge in [-0.05, 0) is 36.1 Å². The van der Waals surface area contributed by atoms with Gasteiger partial charge in [-0.2, -0.15) is 0 Å². The second-order valence-electron chi connectivity index (χ2n) is 4.94. The van der Waals surface area contributed by atoms with E-state index >= 15 is 0 Å². The quantitative estimate of drug-likeness (QED) is 0.922. The molecule has 20 heavy (non-hydrogen) atoms. The zero-order valence-corrected chi connectivity index (χ0v) is 11.8. The minimum absolute atomic E-state index is 0.0287. The van der Waals surface area contributed by atoms with Crippen molar-refractivity contribution < 1.29 is 19.4 Å². The van der Waals surface area contributed by atoms with Crippen LogP contribution >= 0.6 is 0 Å². The second kappa shape index (κ2) is 5.94. The van der Waals surface area contributed by atoms with Crippen LogP contribution in [0.2, 0.25) is 0 Å². The molecule has 0 saturated heterocycles. The van der Waals surface area contributed by atoms with Crippen LogP contribution in [0, 0.1) is 0 Å². The highest BCUT2D eigenvalue weighted by atomic mass is 16.5. The summed E-state index contributed by atoms with van der Waals surface area (Å²) in [5.74, 6) is -0.921. The summed E-state index contributed by atoms with van der Waals surface area (Å²) in [6.07, 6.45) is 2.12. The number of hydrogen-bond acceptors (Lipinski definition) is 3. The van der Waals surface area contributed by atoms with Crippen LogP contribution in [0.4, 0.5) is 4.79 Å². The lowest BCUT2D eigenvalue weighted by Crippen LogP contribution is -2.40. The molecular weight excluding hydrogens is 258 g/mol.